The summed E-state index contributed by atoms with van der Waals surface area (Å²) in [5, 5.41) is 3.36. The summed E-state index contributed by atoms with van der Waals surface area (Å²) in [5.41, 5.74) is 12.0. The number of aromatic nitrogens is 4. The molecule has 0 fully saturated rings. The van der Waals surface area contributed by atoms with Gasteiger partial charge in [-0.15, -0.1) is 0 Å². The summed E-state index contributed by atoms with van der Waals surface area (Å²) in [5.74, 6) is 5.19. The zero-order chi connectivity index (χ0) is 42.0. The SMILES string of the molecule is CC(C)(C)c1ccnc(-n2c3ccccc3c3ccc(Oc4cccc(-n5cnc6cc(-c7cc8c9c(c7)Oc7oc%10ccccc%10c7B9c7ccccc7O8)ccc65)c4)cc32)c1. The van der Waals surface area contributed by atoms with Crippen molar-refractivity contribution >= 4 is 66.9 Å². The molecule has 0 N–H and O–H groups in total. The molecule has 4 aromatic heterocycles. The van der Waals surface area contributed by atoms with Crippen molar-refractivity contribution < 1.29 is 18.6 Å². The summed E-state index contributed by atoms with van der Waals surface area (Å²) in [6.07, 6.45) is 3.77. The molecule has 6 heterocycles. The van der Waals surface area contributed by atoms with Gasteiger partial charge in [-0.2, -0.15) is 0 Å². The van der Waals surface area contributed by atoms with Crippen LogP contribution in [0.5, 0.6) is 34.7 Å². The number of ether oxygens (including phenoxy) is 3. The van der Waals surface area contributed by atoms with Gasteiger partial charge in [0, 0.05) is 45.4 Å². The molecule has 0 amide bonds. The smallest absolute Gasteiger partial charge is 0.285 e. The summed E-state index contributed by atoms with van der Waals surface area (Å²) in [4.78, 5) is 9.73. The maximum absolute atomic E-state index is 6.62. The number of benzene rings is 7. The molecule has 0 saturated carbocycles. The molecule has 2 aliphatic rings. The lowest BCUT2D eigenvalue weighted by atomic mass is 9.35. The van der Waals surface area contributed by atoms with Crippen molar-refractivity contribution in [3.8, 4) is 57.3 Å². The molecular formula is C54H37BN4O4. The molecule has 2 aliphatic heterocycles. The molecule has 7 aromatic carbocycles. The Hall–Kier alpha value is -8.04. The monoisotopic (exact) mass is 816 g/mol. The van der Waals surface area contributed by atoms with Crippen LogP contribution in [-0.2, 0) is 5.41 Å². The first kappa shape index (κ1) is 35.7. The molecule has 13 rings (SSSR count). The molecule has 0 radical (unpaired) electrons. The fourth-order valence-electron chi connectivity index (χ4n) is 9.60. The first-order valence-corrected chi connectivity index (χ1v) is 21.2. The predicted molar refractivity (Wildman–Crippen MR) is 251 cm³/mol. The van der Waals surface area contributed by atoms with Crippen LogP contribution in [0.15, 0.2) is 175 Å². The topological polar surface area (TPSA) is 76.5 Å². The maximum Gasteiger partial charge on any atom is 0.285 e. The van der Waals surface area contributed by atoms with Crippen molar-refractivity contribution in [3.63, 3.8) is 0 Å². The fourth-order valence-corrected chi connectivity index (χ4v) is 9.60. The van der Waals surface area contributed by atoms with Crippen LogP contribution < -0.4 is 30.6 Å². The zero-order valence-corrected chi connectivity index (χ0v) is 34.7. The van der Waals surface area contributed by atoms with Gasteiger partial charge < -0.3 is 18.6 Å². The number of fused-ring (bicyclic) bond motifs is 10. The third-order valence-electron chi connectivity index (χ3n) is 12.6. The van der Waals surface area contributed by atoms with Crippen LogP contribution in [0, 0.1) is 0 Å². The highest BCUT2D eigenvalue weighted by atomic mass is 16.6. The number of para-hydroxylation sites is 3. The first-order chi connectivity index (χ1) is 30.8. The van der Waals surface area contributed by atoms with Gasteiger partial charge in [0.05, 0.1) is 27.8 Å². The molecule has 0 saturated heterocycles. The standard InChI is InChI=1S/C54H37BN4O4/c1-54(2,3)34-23-24-56-50(28-34)59-43-16-7-4-13-38(43)39-21-20-37(30-45(39)59)60-36-12-10-11-35(29-36)58-31-57-42-25-32(19-22-44(42)58)33-26-48-52-49(27-33)63-53-51(40-14-5-8-17-46(40)62-53)55(52)41-15-6-9-18-47(41)61-48/h4-31H,1-3H3. The van der Waals surface area contributed by atoms with E-state index in [2.05, 4.69) is 133 Å². The van der Waals surface area contributed by atoms with Crippen molar-refractivity contribution in [1.29, 1.82) is 0 Å². The Labute approximate surface area is 362 Å². The van der Waals surface area contributed by atoms with E-state index in [1.54, 1.807) is 0 Å². The van der Waals surface area contributed by atoms with Crippen molar-refractivity contribution in [2.75, 3.05) is 0 Å². The second-order valence-electron chi connectivity index (χ2n) is 17.5. The van der Waals surface area contributed by atoms with E-state index in [-0.39, 0.29) is 12.1 Å². The van der Waals surface area contributed by atoms with Crippen molar-refractivity contribution in [3.05, 3.63) is 176 Å². The minimum Gasteiger partial charge on any atom is -0.458 e. The molecule has 8 nitrogen and oxygen atoms in total. The first-order valence-electron chi connectivity index (χ1n) is 21.2. The van der Waals surface area contributed by atoms with Gasteiger partial charge in [0.15, 0.2) is 0 Å². The van der Waals surface area contributed by atoms with E-state index in [0.29, 0.717) is 5.95 Å². The Morgan fingerprint density at radius 1 is 0.571 bits per heavy atom. The van der Waals surface area contributed by atoms with E-state index < -0.39 is 0 Å². The summed E-state index contributed by atoms with van der Waals surface area (Å²) in [7, 11) is 0. The van der Waals surface area contributed by atoms with Crippen LogP contribution in [0.2, 0.25) is 0 Å². The average molecular weight is 817 g/mol. The average Bonchev–Trinajstić information content (AvgIpc) is 4.00. The predicted octanol–water partition coefficient (Wildman–Crippen LogP) is 11.7. The van der Waals surface area contributed by atoms with Gasteiger partial charge in [-0.25, -0.2) is 9.97 Å². The van der Waals surface area contributed by atoms with Crippen molar-refractivity contribution in [2.24, 2.45) is 0 Å². The van der Waals surface area contributed by atoms with E-state index in [0.717, 1.165) is 106 Å². The molecule has 9 heteroatoms. The van der Waals surface area contributed by atoms with Gasteiger partial charge >= 0.3 is 0 Å². The minimum atomic E-state index is -0.0812. The molecule has 0 bridgehead atoms. The summed E-state index contributed by atoms with van der Waals surface area (Å²) >= 11 is 0. The highest BCUT2D eigenvalue weighted by Gasteiger charge is 2.43. The fraction of sp³-hybridized carbons (Fsp3) is 0.0741. The van der Waals surface area contributed by atoms with E-state index in [9.17, 15) is 0 Å². The molecule has 63 heavy (non-hydrogen) atoms. The number of nitrogens with zero attached hydrogens (tertiary/aromatic N) is 4. The van der Waals surface area contributed by atoms with Gasteiger partial charge in [-0.05, 0) is 106 Å². The Kier molecular flexibility index (Phi) is 7.50. The van der Waals surface area contributed by atoms with Crippen LogP contribution in [0.1, 0.15) is 26.3 Å². The Morgan fingerprint density at radius 3 is 2.27 bits per heavy atom. The van der Waals surface area contributed by atoms with Gasteiger partial charge in [-0.3, -0.25) is 9.13 Å². The summed E-state index contributed by atoms with van der Waals surface area (Å²) in [6.45, 7) is 6.60. The minimum absolute atomic E-state index is 0.0124. The van der Waals surface area contributed by atoms with Gasteiger partial charge in [0.25, 0.3) is 12.7 Å². The third-order valence-corrected chi connectivity index (χ3v) is 12.6. The highest BCUT2D eigenvalue weighted by molar-refractivity contribution is 6.99. The van der Waals surface area contributed by atoms with Crippen LogP contribution in [0.4, 0.5) is 0 Å². The number of imidazole rings is 1. The number of hydrogen-bond acceptors (Lipinski definition) is 6. The summed E-state index contributed by atoms with van der Waals surface area (Å²) in [6, 6.07) is 54.1. The van der Waals surface area contributed by atoms with Crippen molar-refractivity contribution in [2.45, 2.75) is 26.2 Å². The third kappa shape index (κ3) is 5.56. The van der Waals surface area contributed by atoms with Gasteiger partial charge in [0.2, 0.25) is 0 Å². The Morgan fingerprint density at radius 2 is 1.37 bits per heavy atom. The quantitative estimate of drug-likeness (QED) is 0.161. The van der Waals surface area contributed by atoms with E-state index in [1.165, 1.54) is 10.9 Å². The molecule has 300 valence electrons. The normalized spacial score (nSPS) is 12.9. The lowest BCUT2D eigenvalue weighted by molar-refractivity contribution is 0.362. The Balaban J connectivity index is 0.838. The van der Waals surface area contributed by atoms with Crippen LogP contribution >= 0.6 is 0 Å². The van der Waals surface area contributed by atoms with Crippen LogP contribution in [-0.4, -0.2) is 25.8 Å². The van der Waals surface area contributed by atoms with E-state index in [1.807, 2.05) is 67.1 Å². The maximum atomic E-state index is 6.62. The molecular weight excluding hydrogens is 779 g/mol. The van der Waals surface area contributed by atoms with Gasteiger partial charge in [0.1, 0.15) is 46.5 Å². The molecule has 0 spiro atoms. The number of rotatable bonds is 5. The van der Waals surface area contributed by atoms with Crippen molar-refractivity contribution in [1.82, 2.24) is 19.1 Å². The molecule has 11 aromatic rings. The molecule has 0 unspecified atom stereocenters. The number of hydrogen-bond donors (Lipinski definition) is 0. The van der Waals surface area contributed by atoms with E-state index >= 15 is 0 Å². The second kappa shape index (κ2) is 13.2. The van der Waals surface area contributed by atoms with Gasteiger partial charge in [-0.1, -0.05) is 87.5 Å². The lowest BCUT2D eigenvalue weighted by Crippen LogP contribution is -2.57. The number of furan rings is 1. The van der Waals surface area contributed by atoms with E-state index in [4.69, 9.17) is 28.6 Å². The molecule has 0 atom stereocenters. The lowest BCUT2D eigenvalue weighted by Gasteiger charge is -2.31. The summed E-state index contributed by atoms with van der Waals surface area (Å²) < 4.78 is 30.5. The Bertz CT molecular complexity index is 3690. The van der Waals surface area contributed by atoms with Crippen LogP contribution in [0.25, 0.3) is 66.4 Å². The zero-order valence-electron chi connectivity index (χ0n) is 34.7. The number of pyridine rings is 1. The molecule has 0 aliphatic carbocycles. The van der Waals surface area contributed by atoms with Crippen LogP contribution in [0.3, 0.4) is 0 Å². The second-order valence-corrected chi connectivity index (χ2v) is 17.5. The highest BCUT2D eigenvalue weighted by Crippen LogP contribution is 2.41. The largest absolute Gasteiger partial charge is 0.458 e.